The maximum atomic E-state index is 9.10. The number of nitrogens with one attached hydrogen (secondary N) is 1. The van der Waals surface area contributed by atoms with Gasteiger partial charge >= 0.3 is 0 Å². The van der Waals surface area contributed by atoms with Crippen LogP contribution in [0.4, 0.5) is 11.8 Å². The minimum atomic E-state index is -0.0685. The molecule has 0 aliphatic carbocycles. The largest absolute Gasteiger partial charge is 0.493 e. The summed E-state index contributed by atoms with van der Waals surface area (Å²) in [5.74, 6) is 1.94. The molecule has 4 N–H and O–H groups in total. The lowest BCUT2D eigenvalue weighted by atomic mass is 10.2. The first-order valence-corrected chi connectivity index (χ1v) is 5.94. The average molecular weight is 276 g/mol. The highest BCUT2D eigenvalue weighted by Crippen LogP contribution is 2.32. The van der Waals surface area contributed by atoms with E-state index in [-0.39, 0.29) is 12.6 Å². The van der Waals surface area contributed by atoms with E-state index in [4.69, 9.17) is 20.3 Å². The van der Waals surface area contributed by atoms with E-state index >= 15 is 0 Å². The fraction of sp³-hybridized carbons (Fsp3) is 0.231. The smallest absolute Gasteiger partial charge is 0.226 e. The van der Waals surface area contributed by atoms with Crippen LogP contribution in [0.3, 0.4) is 0 Å². The van der Waals surface area contributed by atoms with E-state index in [1.54, 1.807) is 31.3 Å². The summed E-state index contributed by atoms with van der Waals surface area (Å²) in [5.41, 5.74) is 6.33. The molecule has 0 radical (unpaired) electrons. The van der Waals surface area contributed by atoms with Crippen LogP contribution in [-0.4, -0.2) is 29.2 Å². The molecule has 7 heteroatoms. The van der Waals surface area contributed by atoms with Crippen molar-refractivity contribution in [1.82, 2.24) is 9.97 Å². The quantitative estimate of drug-likeness (QED) is 0.758. The number of benzene rings is 1. The Labute approximate surface area is 116 Å². The Morgan fingerprint density at radius 1 is 1.25 bits per heavy atom. The monoisotopic (exact) mass is 276 g/mol. The standard InChI is InChI=1S/C13H16N4O3/c1-15-11-6-12(17-13(14)16-11)20-9-4-3-8(7-18)5-10(9)19-2/h3-6,18H,7H2,1-2H3,(H3,14,15,16,17). The zero-order chi connectivity index (χ0) is 14.5. The third-order valence-corrected chi connectivity index (χ3v) is 2.60. The van der Waals surface area contributed by atoms with Gasteiger partial charge in [0.25, 0.3) is 0 Å². The summed E-state index contributed by atoms with van der Waals surface area (Å²) in [6.07, 6.45) is 0. The molecule has 0 saturated carbocycles. The lowest BCUT2D eigenvalue weighted by Crippen LogP contribution is -2.02. The van der Waals surface area contributed by atoms with Crippen molar-refractivity contribution in [2.24, 2.45) is 0 Å². The van der Waals surface area contributed by atoms with Gasteiger partial charge in [-0.15, -0.1) is 0 Å². The number of nitrogens with zero attached hydrogens (tertiary/aromatic N) is 2. The normalized spacial score (nSPS) is 10.2. The minimum absolute atomic E-state index is 0.0685. The Bertz CT molecular complexity index is 604. The van der Waals surface area contributed by atoms with Crippen LogP contribution in [0, 0.1) is 0 Å². The van der Waals surface area contributed by atoms with Crippen LogP contribution in [0.2, 0.25) is 0 Å². The van der Waals surface area contributed by atoms with Crippen LogP contribution in [0.5, 0.6) is 17.4 Å². The van der Waals surface area contributed by atoms with Gasteiger partial charge < -0.3 is 25.6 Å². The summed E-state index contributed by atoms with van der Waals surface area (Å²) >= 11 is 0. The van der Waals surface area contributed by atoms with Crippen molar-refractivity contribution in [2.75, 3.05) is 25.2 Å². The number of rotatable bonds is 5. The number of hydrogen-bond acceptors (Lipinski definition) is 7. The highest BCUT2D eigenvalue weighted by Gasteiger charge is 2.09. The topological polar surface area (TPSA) is 103 Å². The van der Waals surface area contributed by atoms with E-state index in [1.165, 1.54) is 7.11 Å². The van der Waals surface area contributed by atoms with Crippen molar-refractivity contribution in [2.45, 2.75) is 6.61 Å². The van der Waals surface area contributed by atoms with Crippen molar-refractivity contribution in [3.8, 4) is 17.4 Å². The number of aliphatic hydroxyl groups is 1. The molecule has 7 nitrogen and oxygen atoms in total. The zero-order valence-electron chi connectivity index (χ0n) is 11.3. The van der Waals surface area contributed by atoms with E-state index in [2.05, 4.69) is 15.3 Å². The van der Waals surface area contributed by atoms with E-state index in [9.17, 15) is 0 Å². The van der Waals surface area contributed by atoms with Gasteiger partial charge in [0.2, 0.25) is 11.8 Å². The molecule has 0 aliphatic rings. The maximum absolute atomic E-state index is 9.10. The summed E-state index contributed by atoms with van der Waals surface area (Å²) in [7, 11) is 3.25. The van der Waals surface area contributed by atoms with E-state index in [1.807, 2.05) is 0 Å². The lowest BCUT2D eigenvalue weighted by molar-refractivity contribution is 0.280. The number of nitrogen functional groups attached to an aromatic ring is 1. The molecule has 0 fully saturated rings. The highest BCUT2D eigenvalue weighted by atomic mass is 16.5. The molecule has 0 saturated heterocycles. The van der Waals surface area contributed by atoms with Gasteiger partial charge in [0, 0.05) is 13.1 Å². The number of ether oxygens (including phenoxy) is 2. The molecule has 0 atom stereocenters. The number of aromatic nitrogens is 2. The zero-order valence-corrected chi connectivity index (χ0v) is 11.3. The molecule has 0 bridgehead atoms. The van der Waals surface area contributed by atoms with Crippen LogP contribution in [0.15, 0.2) is 24.3 Å². The van der Waals surface area contributed by atoms with Crippen molar-refractivity contribution in [1.29, 1.82) is 0 Å². The Balaban J connectivity index is 2.31. The van der Waals surface area contributed by atoms with Gasteiger partial charge in [-0.3, -0.25) is 0 Å². The first-order chi connectivity index (χ1) is 9.66. The maximum Gasteiger partial charge on any atom is 0.226 e. The van der Waals surface area contributed by atoms with Crippen LogP contribution >= 0.6 is 0 Å². The first kappa shape index (κ1) is 13.9. The lowest BCUT2D eigenvalue weighted by Gasteiger charge is -2.11. The summed E-state index contributed by atoms with van der Waals surface area (Å²) < 4.78 is 10.9. The van der Waals surface area contributed by atoms with Gasteiger partial charge in [0.1, 0.15) is 5.82 Å². The van der Waals surface area contributed by atoms with Crippen LogP contribution in [0.1, 0.15) is 5.56 Å². The fourth-order valence-corrected chi connectivity index (χ4v) is 1.63. The predicted molar refractivity (Wildman–Crippen MR) is 75.0 cm³/mol. The Hall–Kier alpha value is -2.54. The third kappa shape index (κ3) is 3.07. The number of nitrogens with two attached hydrogens (primary N) is 1. The molecule has 2 rings (SSSR count). The molecule has 1 heterocycles. The minimum Gasteiger partial charge on any atom is -0.493 e. The summed E-state index contributed by atoms with van der Waals surface area (Å²) in [4.78, 5) is 7.97. The van der Waals surface area contributed by atoms with Crippen molar-refractivity contribution in [3.05, 3.63) is 29.8 Å². The van der Waals surface area contributed by atoms with Gasteiger partial charge in [-0.25, -0.2) is 0 Å². The van der Waals surface area contributed by atoms with Gasteiger partial charge in [-0.05, 0) is 17.7 Å². The number of methoxy groups -OCH3 is 1. The van der Waals surface area contributed by atoms with Gasteiger partial charge in [-0.2, -0.15) is 9.97 Å². The van der Waals surface area contributed by atoms with Crippen LogP contribution in [-0.2, 0) is 6.61 Å². The Morgan fingerprint density at radius 2 is 2.05 bits per heavy atom. The second-order valence-electron chi connectivity index (χ2n) is 3.95. The number of anilines is 2. The van der Waals surface area contributed by atoms with Crippen molar-refractivity contribution in [3.63, 3.8) is 0 Å². The van der Waals surface area contributed by atoms with Gasteiger partial charge in [0.15, 0.2) is 11.5 Å². The highest BCUT2D eigenvalue weighted by molar-refractivity contribution is 5.47. The van der Waals surface area contributed by atoms with E-state index < -0.39 is 0 Å². The van der Waals surface area contributed by atoms with Crippen LogP contribution in [0.25, 0.3) is 0 Å². The average Bonchev–Trinajstić information content (AvgIpc) is 2.47. The number of hydrogen-bond donors (Lipinski definition) is 3. The van der Waals surface area contributed by atoms with Gasteiger partial charge in [-0.1, -0.05) is 6.07 Å². The van der Waals surface area contributed by atoms with Gasteiger partial charge in [0.05, 0.1) is 13.7 Å². The summed E-state index contributed by atoms with van der Waals surface area (Å²) in [5, 5.41) is 12.0. The molecule has 1 aromatic carbocycles. The molecule has 0 aliphatic heterocycles. The molecule has 2 aromatic rings. The van der Waals surface area contributed by atoms with Crippen molar-refractivity contribution < 1.29 is 14.6 Å². The van der Waals surface area contributed by atoms with E-state index in [0.29, 0.717) is 23.2 Å². The summed E-state index contributed by atoms with van der Waals surface area (Å²) in [6.45, 7) is -0.0685. The second-order valence-corrected chi connectivity index (χ2v) is 3.95. The first-order valence-electron chi connectivity index (χ1n) is 5.94. The Kier molecular flexibility index (Phi) is 4.21. The molecular weight excluding hydrogens is 260 g/mol. The molecule has 0 unspecified atom stereocenters. The number of aliphatic hydroxyl groups excluding tert-OH is 1. The molecular formula is C13H16N4O3. The second kappa shape index (κ2) is 6.07. The molecule has 20 heavy (non-hydrogen) atoms. The Morgan fingerprint density at radius 3 is 2.70 bits per heavy atom. The molecule has 0 spiro atoms. The van der Waals surface area contributed by atoms with E-state index in [0.717, 1.165) is 5.56 Å². The molecule has 1 aromatic heterocycles. The SMILES string of the molecule is CNc1cc(Oc2ccc(CO)cc2OC)nc(N)n1. The van der Waals surface area contributed by atoms with Crippen molar-refractivity contribution >= 4 is 11.8 Å². The van der Waals surface area contributed by atoms with Crippen LogP contribution < -0.4 is 20.5 Å². The predicted octanol–water partition coefficient (Wildman–Crippen LogP) is 1.39. The third-order valence-electron chi connectivity index (χ3n) is 2.60. The fourth-order valence-electron chi connectivity index (χ4n) is 1.63. The summed E-state index contributed by atoms with van der Waals surface area (Å²) in [6, 6.07) is 6.75. The molecule has 0 amide bonds. The molecule has 106 valence electrons.